The van der Waals surface area contributed by atoms with Crippen LogP contribution in [-0.4, -0.2) is 27.8 Å². The number of sulfonamides is 1. The highest BCUT2D eigenvalue weighted by atomic mass is 32.2. The molecule has 0 bridgehead atoms. The molecule has 0 saturated heterocycles. The third-order valence-corrected chi connectivity index (χ3v) is 4.37. The second-order valence-corrected chi connectivity index (χ2v) is 6.36. The van der Waals surface area contributed by atoms with E-state index in [9.17, 15) is 8.42 Å². The van der Waals surface area contributed by atoms with Crippen LogP contribution in [0.4, 0.5) is 0 Å². The zero-order valence-corrected chi connectivity index (χ0v) is 12.0. The Hall–Kier alpha value is -1.07. The highest BCUT2D eigenvalue weighted by molar-refractivity contribution is 7.89. The molecular formula is C13H21NO3S. The molecule has 0 saturated carbocycles. The van der Waals surface area contributed by atoms with Gasteiger partial charge in [-0.3, -0.25) is 0 Å². The minimum atomic E-state index is -3.08. The molecular weight excluding hydrogens is 250 g/mol. The van der Waals surface area contributed by atoms with Gasteiger partial charge in [0, 0.05) is 6.54 Å². The standard InChI is InChI=1S/C13H21NO3S/c1-4-18(15,16)14-10-9-11(2)12-5-7-13(17-3)8-6-12/h5-8,11,14H,4,9-10H2,1-3H3/t11-/m1/s1. The first kappa shape index (κ1) is 15.0. The quantitative estimate of drug-likeness (QED) is 0.826. The van der Waals surface area contributed by atoms with Gasteiger partial charge in [0.05, 0.1) is 12.9 Å². The first-order valence-corrected chi connectivity index (χ1v) is 7.75. The summed E-state index contributed by atoms with van der Waals surface area (Å²) in [5, 5.41) is 0. The van der Waals surface area contributed by atoms with Crippen molar-refractivity contribution in [1.29, 1.82) is 0 Å². The van der Waals surface area contributed by atoms with E-state index in [4.69, 9.17) is 4.74 Å². The summed E-state index contributed by atoms with van der Waals surface area (Å²) in [6.07, 6.45) is 0.783. The van der Waals surface area contributed by atoms with Crippen LogP contribution in [0.3, 0.4) is 0 Å². The molecule has 0 amide bonds. The van der Waals surface area contributed by atoms with E-state index < -0.39 is 10.0 Å². The topological polar surface area (TPSA) is 55.4 Å². The Kier molecular flexibility index (Phi) is 5.62. The summed E-state index contributed by atoms with van der Waals surface area (Å²) < 4.78 is 30.2. The molecule has 1 N–H and O–H groups in total. The van der Waals surface area contributed by atoms with Crippen LogP contribution >= 0.6 is 0 Å². The Labute approximate surface area is 109 Å². The lowest BCUT2D eigenvalue weighted by atomic mass is 9.98. The Bertz CT molecular complexity index is 454. The van der Waals surface area contributed by atoms with E-state index in [0.717, 1.165) is 12.2 Å². The number of rotatable bonds is 7. The van der Waals surface area contributed by atoms with Gasteiger partial charge in [0.2, 0.25) is 10.0 Å². The van der Waals surface area contributed by atoms with E-state index in [1.165, 1.54) is 5.56 Å². The second-order valence-electron chi connectivity index (χ2n) is 4.26. The third-order valence-electron chi connectivity index (χ3n) is 2.96. The fourth-order valence-electron chi connectivity index (χ4n) is 1.63. The number of ether oxygens (including phenoxy) is 1. The summed E-state index contributed by atoms with van der Waals surface area (Å²) in [5.41, 5.74) is 1.19. The molecule has 1 aromatic rings. The van der Waals surface area contributed by atoms with Gasteiger partial charge in [-0.05, 0) is 37.0 Å². The summed E-state index contributed by atoms with van der Waals surface area (Å²) in [4.78, 5) is 0. The number of benzene rings is 1. The van der Waals surface area contributed by atoms with E-state index in [2.05, 4.69) is 11.6 Å². The molecule has 5 heteroatoms. The molecule has 0 fully saturated rings. The van der Waals surface area contributed by atoms with Crippen molar-refractivity contribution >= 4 is 10.0 Å². The van der Waals surface area contributed by atoms with E-state index in [0.29, 0.717) is 12.5 Å². The van der Waals surface area contributed by atoms with Crippen molar-refractivity contribution < 1.29 is 13.2 Å². The fourth-order valence-corrected chi connectivity index (χ4v) is 2.27. The van der Waals surface area contributed by atoms with E-state index in [1.54, 1.807) is 14.0 Å². The smallest absolute Gasteiger partial charge is 0.211 e. The van der Waals surface area contributed by atoms with Crippen LogP contribution in [0, 0.1) is 0 Å². The predicted octanol–water partition coefficient (Wildman–Crippen LogP) is 2.13. The van der Waals surface area contributed by atoms with Gasteiger partial charge in [0.15, 0.2) is 0 Å². The number of hydrogen-bond acceptors (Lipinski definition) is 3. The summed E-state index contributed by atoms with van der Waals surface area (Å²) in [6.45, 7) is 4.20. The lowest BCUT2D eigenvalue weighted by molar-refractivity contribution is 0.414. The van der Waals surface area contributed by atoms with Gasteiger partial charge in [-0.15, -0.1) is 0 Å². The third kappa shape index (κ3) is 4.66. The maximum atomic E-state index is 11.3. The molecule has 0 radical (unpaired) electrons. The van der Waals surface area contributed by atoms with E-state index in [1.807, 2.05) is 24.3 Å². The maximum Gasteiger partial charge on any atom is 0.211 e. The minimum absolute atomic E-state index is 0.129. The molecule has 1 aromatic carbocycles. The van der Waals surface area contributed by atoms with Crippen LogP contribution in [0.1, 0.15) is 31.7 Å². The van der Waals surface area contributed by atoms with Crippen LogP contribution in [0.15, 0.2) is 24.3 Å². The van der Waals surface area contributed by atoms with E-state index >= 15 is 0 Å². The lowest BCUT2D eigenvalue weighted by Gasteiger charge is -2.12. The Morgan fingerprint density at radius 2 is 1.89 bits per heavy atom. The van der Waals surface area contributed by atoms with Crippen molar-refractivity contribution in [2.45, 2.75) is 26.2 Å². The molecule has 0 aliphatic heterocycles. The zero-order valence-electron chi connectivity index (χ0n) is 11.1. The second kappa shape index (κ2) is 6.75. The molecule has 1 rings (SSSR count). The monoisotopic (exact) mass is 271 g/mol. The molecule has 0 heterocycles. The van der Waals surface area contributed by atoms with Crippen molar-refractivity contribution in [2.24, 2.45) is 0 Å². The van der Waals surface area contributed by atoms with Gasteiger partial charge in [-0.1, -0.05) is 19.1 Å². The van der Waals surface area contributed by atoms with Gasteiger partial charge >= 0.3 is 0 Å². The SMILES string of the molecule is CCS(=O)(=O)NCC[C@@H](C)c1ccc(OC)cc1. The zero-order chi connectivity index (χ0) is 13.6. The van der Waals surface area contributed by atoms with E-state index in [-0.39, 0.29) is 5.75 Å². The molecule has 1 atom stereocenters. The summed E-state index contributed by atoms with van der Waals surface area (Å²) in [5.74, 6) is 1.28. The van der Waals surface area contributed by atoms with Crippen molar-refractivity contribution in [3.8, 4) is 5.75 Å². The van der Waals surface area contributed by atoms with Crippen molar-refractivity contribution in [1.82, 2.24) is 4.72 Å². The average molecular weight is 271 g/mol. The highest BCUT2D eigenvalue weighted by Crippen LogP contribution is 2.21. The number of nitrogens with one attached hydrogen (secondary N) is 1. The highest BCUT2D eigenvalue weighted by Gasteiger charge is 2.09. The molecule has 4 nitrogen and oxygen atoms in total. The summed E-state index contributed by atoms with van der Waals surface area (Å²) >= 11 is 0. The first-order valence-electron chi connectivity index (χ1n) is 6.09. The van der Waals surface area contributed by atoms with Crippen LogP contribution in [0.25, 0.3) is 0 Å². The van der Waals surface area contributed by atoms with Gasteiger partial charge in [0.25, 0.3) is 0 Å². The average Bonchev–Trinajstić information content (AvgIpc) is 2.38. The number of methoxy groups -OCH3 is 1. The van der Waals surface area contributed by atoms with Gasteiger partial charge in [-0.2, -0.15) is 0 Å². The predicted molar refractivity (Wildman–Crippen MR) is 73.5 cm³/mol. The molecule has 0 aliphatic rings. The van der Waals surface area contributed by atoms with Gasteiger partial charge < -0.3 is 4.74 Å². The fraction of sp³-hybridized carbons (Fsp3) is 0.538. The molecule has 18 heavy (non-hydrogen) atoms. The molecule has 0 unspecified atom stereocenters. The van der Waals surface area contributed by atoms with Crippen LogP contribution < -0.4 is 9.46 Å². The van der Waals surface area contributed by atoms with Crippen LogP contribution in [-0.2, 0) is 10.0 Å². The van der Waals surface area contributed by atoms with Crippen LogP contribution in [0.2, 0.25) is 0 Å². The largest absolute Gasteiger partial charge is 0.497 e. The first-order chi connectivity index (χ1) is 8.48. The lowest BCUT2D eigenvalue weighted by Crippen LogP contribution is -2.26. The number of hydrogen-bond donors (Lipinski definition) is 1. The van der Waals surface area contributed by atoms with Gasteiger partial charge in [-0.25, -0.2) is 13.1 Å². The maximum absolute atomic E-state index is 11.3. The van der Waals surface area contributed by atoms with Crippen LogP contribution in [0.5, 0.6) is 5.75 Å². The Morgan fingerprint density at radius 1 is 1.28 bits per heavy atom. The normalized spacial score (nSPS) is 13.3. The summed E-state index contributed by atoms with van der Waals surface area (Å²) in [7, 11) is -1.44. The molecule has 0 aromatic heterocycles. The summed E-state index contributed by atoms with van der Waals surface area (Å²) in [6, 6.07) is 7.86. The van der Waals surface area contributed by atoms with Crippen molar-refractivity contribution in [3.05, 3.63) is 29.8 Å². The molecule has 0 spiro atoms. The molecule has 102 valence electrons. The van der Waals surface area contributed by atoms with Gasteiger partial charge in [0.1, 0.15) is 5.75 Å². The minimum Gasteiger partial charge on any atom is -0.497 e. The molecule has 0 aliphatic carbocycles. The Balaban J connectivity index is 2.47. The van der Waals surface area contributed by atoms with Crippen molar-refractivity contribution in [3.63, 3.8) is 0 Å². The Morgan fingerprint density at radius 3 is 2.39 bits per heavy atom. The van der Waals surface area contributed by atoms with Crippen molar-refractivity contribution in [2.75, 3.05) is 19.4 Å².